The van der Waals surface area contributed by atoms with E-state index in [1.165, 1.54) is 24.9 Å². The van der Waals surface area contributed by atoms with E-state index in [0.717, 1.165) is 85.4 Å². The Morgan fingerprint density at radius 2 is 1.61 bits per heavy atom. The van der Waals surface area contributed by atoms with Gasteiger partial charge in [0.1, 0.15) is 29.5 Å². The molecule has 1 aliphatic rings. The largest absolute Gasteiger partial charge is 0.383 e. The Hall–Kier alpha value is -7.01. The number of benzene rings is 3. The topological polar surface area (TPSA) is 258 Å². The van der Waals surface area contributed by atoms with Crippen molar-refractivity contribution >= 4 is 97.2 Å². The van der Waals surface area contributed by atoms with Crippen molar-refractivity contribution in [2.24, 2.45) is 5.73 Å². The van der Waals surface area contributed by atoms with Crippen LogP contribution < -0.4 is 32.1 Å². The summed E-state index contributed by atoms with van der Waals surface area (Å²) in [6.07, 6.45) is 14.7. The number of fused-ring (bicyclic) bond motifs is 1. The van der Waals surface area contributed by atoms with Crippen LogP contribution in [-0.2, 0) is 16.0 Å². The zero-order valence-corrected chi connectivity index (χ0v) is 47.7. The molecule has 0 unspecified atom stereocenters. The number of nitrogens with zero attached hydrogens (tertiary/aromatic N) is 8. The fourth-order valence-corrected chi connectivity index (χ4v) is 9.41. The number of nitrogens with two attached hydrogens (primary N) is 2. The highest BCUT2D eigenvalue weighted by molar-refractivity contribution is 9.10. The normalized spacial score (nSPS) is 12.9. The molecule has 9 N–H and O–H groups in total. The average molecular weight is 1140 g/mol. The van der Waals surface area contributed by atoms with Crippen molar-refractivity contribution in [3.8, 4) is 0 Å². The zero-order valence-electron chi connectivity index (χ0n) is 45.3. The Morgan fingerprint density at radius 1 is 0.896 bits per heavy atom. The van der Waals surface area contributed by atoms with Gasteiger partial charge >= 0.3 is 0 Å². The molecule has 3 aromatic heterocycles. The number of primary amides is 1. The first kappa shape index (κ1) is 59.2. The summed E-state index contributed by atoms with van der Waals surface area (Å²) in [5, 5.41) is 16.1. The van der Waals surface area contributed by atoms with Gasteiger partial charge in [0.2, 0.25) is 17.8 Å². The smallest absolute Gasteiger partial charge is 0.274 e. The van der Waals surface area contributed by atoms with Gasteiger partial charge in [-0.3, -0.25) is 33.9 Å². The number of aromatic amines is 1. The predicted octanol–water partition coefficient (Wildman–Crippen LogP) is 9.61. The molecule has 77 heavy (non-hydrogen) atoms. The molecule has 1 aliphatic heterocycles. The molecule has 4 amide bonds. The maximum atomic E-state index is 14.2. The van der Waals surface area contributed by atoms with Crippen molar-refractivity contribution in [2.75, 3.05) is 62.5 Å². The van der Waals surface area contributed by atoms with Crippen LogP contribution in [0, 0.1) is 19.7 Å². The minimum Gasteiger partial charge on any atom is -0.383 e. The average Bonchev–Trinajstić information content (AvgIpc) is 3.84. The van der Waals surface area contributed by atoms with Crippen molar-refractivity contribution in [2.45, 2.75) is 109 Å². The van der Waals surface area contributed by atoms with Crippen molar-refractivity contribution in [3.63, 3.8) is 0 Å². The number of amides is 4. The first-order valence-electron chi connectivity index (χ1n) is 25.4. The van der Waals surface area contributed by atoms with E-state index in [-0.39, 0.29) is 45.7 Å². The van der Waals surface area contributed by atoms with Gasteiger partial charge in [0.05, 0.1) is 27.5 Å². The number of carbonyl (C=O) groups excluding carboxylic acids is 4. The Balaban J connectivity index is 0.000000298. The Kier molecular flexibility index (Phi) is 20.7. The number of nitrogen functional groups attached to an aromatic ring is 1. The Morgan fingerprint density at radius 3 is 2.31 bits per heavy atom. The number of likely N-dealkylation sites (N-methyl/N-ethyl adjacent to an activating group) is 2. The summed E-state index contributed by atoms with van der Waals surface area (Å²) in [7, 11) is 5.59. The highest BCUT2D eigenvalue weighted by Crippen LogP contribution is 2.31. The molecule has 0 saturated carbocycles. The van der Waals surface area contributed by atoms with Gasteiger partial charge in [-0.15, -0.1) is 0 Å². The van der Waals surface area contributed by atoms with Crippen LogP contribution in [0.4, 0.5) is 39.0 Å². The molecule has 7 rings (SSSR count). The number of nitrogens with one attached hydrogen (secondary N) is 5. The molecular weight excluding hydrogens is 1070 g/mol. The van der Waals surface area contributed by atoms with Crippen LogP contribution in [0.1, 0.15) is 110 Å². The fraction of sp³-hybridized carbons (Fsp3) is 0.400. The number of halogens is 2. The van der Waals surface area contributed by atoms with Crippen LogP contribution in [-0.4, -0.2) is 120 Å². The highest BCUT2D eigenvalue weighted by atomic mass is 79.9. The first-order chi connectivity index (χ1) is 36.5. The second-order valence-corrected chi connectivity index (χ2v) is 22.2. The molecule has 4 heterocycles. The summed E-state index contributed by atoms with van der Waals surface area (Å²) in [5.41, 5.74) is 15.9. The van der Waals surface area contributed by atoms with E-state index in [2.05, 4.69) is 106 Å². The van der Waals surface area contributed by atoms with Gasteiger partial charge in [0.25, 0.3) is 11.8 Å². The highest BCUT2D eigenvalue weighted by Gasteiger charge is 2.25. The fourth-order valence-electron chi connectivity index (χ4n) is 8.35. The van der Waals surface area contributed by atoms with Crippen LogP contribution >= 0.6 is 27.9 Å². The second-order valence-electron chi connectivity index (χ2n) is 20.5. The van der Waals surface area contributed by atoms with Gasteiger partial charge < -0.3 is 37.2 Å². The third kappa shape index (κ3) is 16.5. The molecular formula is C55H71BrFN15O4S. The lowest BCUT2D eigenvalue weighted by Crippen LogP contribution is -2.41. The molecule has 0 aliphatic carbocycles. The Labute approximate surface area is 462 Å². The lowest BCUT2D eigenvalue weighted by Gasteiger charge is -2.35. The number of rotatable bonds is 21. The summed E-state index contributed by atoms with van der Waals surface area (Å²) < 4.78 is 18.4. The number of H-pyrrole nitrogens is 1. The van der Waals surface area contributed by atoms with Gasteiger partial charge in [-0.2, -0.15) is 10.1 Å². The Bertz CT molecular complexity index is 3070. The van der Waals surface area contributed by atoms with Crippen molar-refractivity contribution in [1.29, 1.82) is 0 Å². The molecule has 0 bridgehead atoms. The maximum absolute atomic E-state index is 14.2. The molecule has 6 aromatic rings. The minimum atomic E-state index is -0.879. The van der Waals surface area contributed by atoms with E-state index in [1.807, 2.05) is 55.2 Å². The van der Waals surface area contributed by atoms with Gasteiger partial charge in [-0.05, 0) is 168 Å². The lowest BCUT2D eigenvalue weighted by molar-refractivity contribution is -0.128. The van der Waals surface area contributed by atoms with Crippen molar-refractivity contribution < 1.29 is 23.6 Å². The number of hydrogen-bond donors (Lipinski definition) is 7. The van der Waals surface area contributed by atoms with E-state index in [4.69, 9.17) is 11.5 Å². The summed E-state index contributed by atoms with van der Waals surface area (Å²) in [4.78, 5) is 72.6. The molecule has 19 nitrogen and oxygen atoms in total. The predicted molar refractivity (Wildman–Crippen MR) is 308 cm³/mol. The maximum Gasteiger partial charge on any atom is 0.274 e. The van der Waals surface area contributed by atoms with Crippen LogP contribution in [0.25, 0.3) is 11.0 Å². The van der Waals surface area contributed by atoms with Gasteiger partial charge in [-0.25, -0.2) is 19.3 Å². The third-order valence-corrected chi connectivity index (χ3v) is 15.3. The number of aromatic nitrogens is 6. The standard InChI is InChI=1S/C37H50BrFN8O2S.C18H21N7O2/c1-36(2,20-7-8-21-37(3,4)46(5)22-12-15-31(48)47-23-9-6-10-24-47)45-50-27-18-16-26(17-19-27)42-35-41-25-28(38)34(44-35)43-30-14-11-13-29(39)32(30)33(40)49;1-9-10(2)12(6-5-11(9)7-13(26)25(3)4)22-18(27)15-14-16(19)20-8-21-17(14)24-23-15/h11-19,25,45H,6-10,20-24H2,1-5H3,(H2,40,49)(H2,41,42,43,44);5-6,8H,7H2,1-4H3,(H,22,27)(H3,19,20,21,23,24)/b15-12+;. The van der Waals surface area contributed by atoms with Crippen LogP contribution in [0.5, 0.6) is 0 Å². The van der Waals surface area contributed by atoms with E-state index >= 15 is 0 Å². The first-order valence-corrected chi connectivity index (χ1v) is 27.0. The number of hydrogen-bond acceptors (Lipinski definition) is 15. The van der Waals surface area contributed by atoms with Crippen molar-refractivity contribution in [1.82, 2.24) is 49.6 Å². The number of piperidine rings is 1. The molecule has 0 radical (unpaired) electrons. The number of likely N-dealkylation sites (tertiary alicyclic amines) is 1. The summed E-state index contributed by atoms with van der Waals surface area (Å²) in [5.74, 6) is -0.971. The third-order valence-electron chi connectivity index (χ3n) is 13.6. The number of anilines is 6. The summed E-state index contributed by atoms with van der Waals surface area (Å²) >= 11 is 5.01. The monoisotopic (exact) mass is 1140 g/mol. The molecule has 0 atom stereocenters. The number of unbranched alkanes of at least 4 members (excludes halogenated alkanes) is 1. The molecule has 0 spiro atoms. The summed E-state index contributed by atoms with van der Waals surface area (Å²) in [6, 6.07) is 15.8. The van der Waals surface area contributed by atoms with Crippen LogP contribution in [0.15, 0.2) is 88.6 Å². The van der Waals surface area contributed by atoms with E-state index < -0.39 is 17.6 Å². The number of carbonyl (C=O) groups is 4. The van der Waals surface area contributed by atoms with Crippen LogP contribution in [0.2, 0.25) is 0 Å². The van der Waals surface area contributed by atoms with E-state index in [1.54, 1.807) is 55.3 Å². The van der Waals surface area contributed by atoms with E-state index in [0.29, 0.717) is 39.4 Å². The molecule has 1 saturated heterocycles. The molecule has 3 aromatic carbocycles. The van der Waals surface area contributed by atoms with Gasteiger partial charge in [0, 0.05) is 73.4 Å². The van der Waals surface area contributed by atoms with Gasteiger partial charge in [0.15, 0.2) is 5.65 Å². The zero-order chi connectivity index (χ0) is 56.0. The molecule has 1 fully saturated rings. The van der Waals surface area contributed by atoms with Gasteiger partial charge in [-0.1, -0.05) is 31.1 Å². The SMILES string of the molecule is CN(C/C=C/C(=O)N1CCCCC1)C(C)(C)CCCCC(C)(C)NSc1ccc(Nc2ncc(Br)c(Nc3cccc(F)c3C(N)=O)n2)cc1.Cc1c(CC(=O)N(C)C)ccc(NC(=O)c2[nH]nc3ncnc(N)c23)c1C. The quantitative estimate of drug-likeness (QED) is 0.0201. The van der Waals surface area contributed by atoms with Crippen molar-refractivity contribution in [3.05, 3.63) is 118 Å². The molecule has 410 valence electrons. The lowest BCUT2D eigenvalue weighted by atomic mass is 9.92. The second kappa shape index (κ2) is 26.8. The molecule has 22 heteroatoms. The van der Waals surface area contributed by atoms with E-state index in [9.17, 15) is 23.6 Å². The summed E-state index contributed by atoms with van der Waals surface area (Å²) in [6.45, 7) is 15.4. The van der Waals surface area contributed by atoms with Crippen LogP contribution in [0.3, 0.4) is 0 Å². The minimum absolute atomic E-state index is 0.0219.